The average molecular weight is 319 g/mol. The molecule has 2 rings (SSSR count). The zero-order valence-corrected chi connectivity index (χ0v) is 13.8. The summed E-state index contributed by atoms with van der Waals surface area (Å²) in [7, 11) is 0. The van der Waals surface area contributed by atoms with Crippen molar-refractivity contribution < 1.29 is 9.53 Å². The van der Waals surface area contributed by atoms with Gasteiger partial charge in [0.15, 0.2) is 0 Å². The van der Waals surface area contributed by atoms with Gasteiger partial charge < -0.3 is 15.0 Å². The molecule has 1 fully saturated rings. The van der Waals surface area contributed by atoms with Gasteiger partial charge in [-0.3, -0.25) is 14.5 Å². The molecule has 2 N–H and O–H groups in total. The van der Waals surface area contributed by atoms with Crippen LogP contribution < -0.4 is 10.9 Å². The highest BCUT2D eigenvalue weighted by Crippen LogP contribution is 2.10. The van der Waals surface area contributed by atoms with Crippen LogP contribution in [-0.2, 0) is 4.74 Å². The summed E-state index contributed by atoms with van der Waals surface area (Å²) in [6, 6.07) is 4.54. The molecule has 0 unspecified atom stereocenters. The number of hydrogen-bond donors (Lipinski definition) is 2. The highest BCUT2D eigenvalue weighted by molar-refractivity contribution is 5.92. The lowest BCUT2D eigenvalue weighted by Gasteiger charge is -2.33. The molecule has 6 heteroatoms. The summed E-state index contributed by atoms with van der Waals surface area (Å²) in [5.74, 6) is -0.264. The Bertz CT molecular complexity index is 609. The van der Waals surface area contributed by atoms with E-state index in [2.05, 4.69) is 35.1 Å². The molecule has 1 aromatic heterocycles. The molecule has 126 valence electrons. The van der Waals surface area contributed by atoms with E-state index in [4.69, 9.17) is 4.74 Å². The number of ether oxygens (including phenoxy) is 1. The van der Waals surface area contributed by atoms with Crippen molar-refractivity contribution in [3.8, 4) is 0 Å². The van der Waals surface area contributed by atoms with E-state index < -0.39 is 0 Å². The molecule has 1 atom stereocenters. The van der Waals surface area contributed by atoms with Gasteiger partial charge in [-0.2, -0.15) is 0 Å². The van der Waals surface area contributed by atoms with Crippen molar-refractivity contribution in [2.75, 3.05) is 32.8 Å². The summed E-state index contributed by atoms with van der Waals surface area (Å²) in [5.41, 5.74) is 1.36. The first kappa shape index (κ1) is 17.4. The van der Waals surface area contributed by atoms with Crippen molar-refractivity contribution in [3.05, 3.63) is 45.9 Å². The number of pyridine rings is 1. The van der Waals surface area contributed by atoms with Crippen LogP contribution in [0.2, 0.25) is 0 Å². The Kier molecular flexibility index (Phi) is 6.55. The summed E-state index contributed by atoms with van der Waals surface area (Å²) in [6.07, 6.45) is 3.02. The molecule has 1 saturated heterocycles. The van der Waals surface area contributed by atoms with E-state index in [0.717, 1.165) is 32.7 Å². The Balaban J connectivity index is 1.75. The standard InChI is InChI=1S/C17H25N3O3/c1-3-13(2)11-20-9-10-23-14(12-20)7-8-18-17(22)15-5-4-6-16(21)19-15/h3-6,14H,7-12H2,1-2H3,(H,18,22)(H,19,21)/b13-3+/t14-/m1/s1. The predicted molar refractivity (Wildman–Crippen MR) is 89.6 cm³/mol. The van der Waals surface area contributed by atoms with Crippen molar-refractivity contribution in [2.24, 2.45) is 0 Å². The number of aromatic amines is 1. The van der Waals surface area contributed by atoms with Crippen LogP contribution in [0, 0.1) is 0 Å². The predicted octanol–water partition coefficient (Wildman–Crippen LogP) is 1.16. The second kappa shape index (κ2) is 8.64. The lowest BCUT2D eigenvalue weighted by molar-refractivity contribution is -0.0283. The maximum Gasteiger partial charge on any atom is 0.267 e. The summed E-state index contributed by atoms with van der Waals surface area (Å²) in [6.45, 7) is 8.22. The quantitative estimate of drug-likeness (QED) is 0.772. The van der Waals surface area contributed by atoms with E-state index in [0.29, 0.717) is 6.54 Å². The van der Waals surface area contributed by atoms with E-state index in [1.54, 1.807) is 12.1 Å². The molecule has 0 saturated carbocycles. The zero-order valence-electron chi connectivity index (χ0n) is 13.8. The number of rotatable bonds is 6. The third-order valence-electron chi connectivity index (χ3n) is 3.95. The first-order valence-electron chi connectivity index (χ1n) is 8.01. The molecular weight excluding hydrogens is 294 g/mol. The van der Waals surface area contributed by atoms with Crippen LogP contribution in [0.4, 0.5) is 0 Å². The molecule has 0 aliphatic carbocycles. The first-order valence-corrected chi connectivity index (χ1v) is 8.01. The fourth-order valence-electron chi connectivity index (χ4n) is 2.56. The highest BCUT2D eigenvalue weighted by atomic mass is 16.5. The maximum absolute atomic E-state index is 11.9. The van der Waals surface area contributed by atoms with Crippen molar-refractivity contribution >= 4 is 5.91 Å². The van der Waals surface area contributed by atoms with E-state index in [1.807, 2.05) is 0 Å². The molecule has 1 aliphatic rings. The Morgan fingerprint density at radius 2 is 2.35 bits per heavy atom. The van der Waals surface area contributed by atoms with E-state index in [1.165, 1.54) is 11.6 Å². The maximum atomic E-state index is 11.9. The lowest BCUT2D eigenvalue weighted by atomic mass is 10.1. The molecule has 1 amide bonds. The molecule has 2 heterocycles. The van der Waals surface area contributed by atoms with Crippen molar-refractivity contribution in [1.29, 1.82) is 0 Å². The van der Waals surface area contributed by atoms with E-state index in [9.17, 15) is 9.59 Å². The molecule has 6 nitrogen and oxygen atoms in total. The average Bonchev–Trinajstić information content (AvgIpc) is 2.55. The van der Waals surface area contributed by atoms with Gasteiger partial charge in [-0.05, 0) is 26.3 Å². The number of amides is 1. The monoisotopic (exact) mass is 319 g/mol. The number of H-pyrrole nitrogens is 1. The molecule has 0 bridgehead atoms. The van der Waals surface area contributed by atoms with Crippen LogP contribution in [0.15, 0.2) is 34.6 Å². The minimum atomic E-state index is -0.275. The Morgan fingerprint density at radius 3 is 3.09 bits per heavy atom. The second-order valence-corrected chi connectivity index (χ2v) is 5.84. The minimum absolute atomic E-state index is 0.128. The fraction of sp³-hybridized carbons (Fsp3) is 0.529. The largest absolute Gasteiger partial charge is 0.375 e. The fourth-order valence-corrected chi connectivity index (χ4v) is 2.56. The molecule has 1 aromatic rings. The molecular formula is C17H25N3O3. The first-order chi connectivity index (χ1) is 11.1. The number of morpholine rings is 1. The molecule has 23 heavy (non-hydrogen) atoms. The Hall–Kier alpha value is -1.92. The molecule has 0 spiro atoms. The van der Waals surface area contributed by atoms with Crippen molar-refractivity contribution in [3.63, 3.8) is 0 Å². The minimum Gasteiger partial charge on any atom is -0.375 e. The van der Waals surface area contributed by atoms with Gasteiger partial charge in [0.05, 0.1) is 12.7 Å². The van der Waals surface area contributed by atoms with Gasteiger partial charge in [0, 0.05) is 32.2 Å². The lowest BCUT2D eigenvalue weighted by Crippen LogP contribution is -2.44. The topological polar surface area (TPSA) is 74.4 Å². The van der Waals surface area contributed by atoms with Crippen LogP contribution >= 0.6 is 0 Å². The third kappa shape index (κ3) is 5.65. The van der Waals surface area contributed by atoms with Crippen molar-refractivity contribution in [1.82, 2.24) is 15.2 Å². The van der Waals surface area contributed by atoms with Crippen LogP contribution in [-0.4, -0.2) is 54.7 Å². The normalized spacial score (nSPS) is 19.6. The van der Waals surface area contributed by atoms with Gasteiger partial charge in [-0.15, -0.1) is 0 Å². The number of nitrogens with one attached hydrogen (secondary N) is 2. The number of carbonyl (C=O) groups excluding carboxylic acids is 1. The smallest absolute Gasteiger partial charge is 0.267 e. The molecule has 0 aromatic carbocycles. The van der Waals surface area contributed by atoms with E-state index in [-0.39, 0.29) is 23.3 Å². The number of hydrogen-bond acceptors (Lipinski definition) is 4. The number of aromatic nitrogens is 1. The molecule has 1 aliphatic heterocycles. The van der Waals surface area contributed by atoms with Gasteiger partial charge >= 0.3 is 0 Å². The third-order valence-corrected chi connectivity index (χ3v) is 3.95. The summed E-state index contributed by atoms with van der Waals surface area (Å²) in [4.78, 5) is 28.0. The van der Waals surface area contributed by atoms with Gasteiger partial charge in [-0.25, -0.2) is 0 Å². The summed E-state index contributed by atoms with van der Waals surface area (Å²) < 4.78 is 5.76. The summed E-state index contributed by atoms with van der Waals surface area (Å²) >= 11 is 0. The number of allylic oxidation sites excluding steroid dienone is 1. The second-order valence-electron chi connectivity index (χ2n) is 5.84. The highest BCUT2D eigenvalue weighted by Gasteiger charge is 2.20. The van der Waals surface area contributed by atoms with Crippen molar-refractivity contribution in [2.45, 2.75) is 26.4 Å². The molecule has 0 radical (unpaired) electrons. The van der Waals surface area contributed by atoms with Crippen LogP contribution in [0.1, 0.15) is 30.8 Å². The van der Waals surface area contributed by atoms with Gasteiger partial charge in [0.1, 0.15) is 5.69 Å². The number of nitrogens with zero attached hydrogens (tertiary/aromatic N) is 1. The van der Waals surface area contributed by atoms with Gasteiger partial charge in [0.2, 0.25) is 5.56 Å². The SMILES string of the molecule is C/C=C(\C)CN1CCO[C@H](CCNC(=O)c2cccc(=O)[nH]2)C1. The van der Waals surface area contributed by atoms with Gasteiger partial charge in [0.25, 0.3) is 5.91 Å². The van der Waals surface area contributed by atoms with E-state index >= 15 is 0 Å². The zero-order chi connectivity index (χ0) is 16.7. The number of carbonyl (C=O) groups is 1. The van der Waals surface area contributed by atoms with Crippen LogP contribution in [0.5, 0.6) is 0 Å². The Morgan fingerprint density at radius 1 is 1.52 bits per heavy atom. The Labute approximate surface area is 136 Å². The summed E-state index contributed by atoms with van der Waals surface area (Å²) in [5, 5.41) is 2.82. The van der Waals surface area contributed by atoms with Gasteiger partial charge in [-0.1, -0.05) is 17.7 Å². The van der Waals surface area contributed by atoms with Crippen LogP contribution in [0.3, 0.4) is 0 Å². The van der Waals surface area contributed by atoms with Crippen LogP contribution in [0.25, 0.3) is 0 Å².